The van der Waals surface area contributed by atoms with Crippen LogP contribution in [0.15, 0.2) is 42.5 Å². The summed E-state index contributed by atoms with van der Waals surface area (Å²) in [7, 11) is 0. The average molecular weight is 530 g/mol. The van der Waals surface area contributed by atoms with Gasteiger partial charge >= 0.3 is 6.09 Å². The molecule has 0 aliphatic heterocycles. The second kappa shape index (κ2) is 13.4. The molecule has 0 spiro atoms. The Bertz CT molecular complexity index is 1060. The first-order valence-corrected chi connectivity index (χ1v) is 13.7. The fourth-order valence-corrected chi connectivity index (χ4v) is 4.41. The molecule has 0 heterocycles. The van der Waals surface area contributed by atoms with Crippen molar-refractivity contribution in [2.75, 3.05) is 23.9 Å². The molecule has 2 rings (SSSR count). The number of likely N-dealkylation sites (N-methyl/N-ethyl adjacent to an activating group) is 1. The number of hydrogen-bond acceptors (Lipinski definition) is 6. The van der Waals surface area contributed by atoms with Crippen molar-refractivity contribution < 1.29 is 24.2 Å². The molecule has 2 aromatic carbocycles. The van der Waals surface area contributed by atoms with E-state index in [9.17, 15) is 19.5 Å². The van der Waals surface area contributed by atoms with Crippen molar-refractivity contribution in [3.63, 3.8) is 0 Å². The van der Waals surface area contributed by atoms with Crippen LogP contribution >= 0.6 is 11.8 Å². The Morgan fingerprint density at radius 1 is 1.05 bits per heavy atom. The summed E-state index contributed by atoms with van der Waals surface area (Å²) < 4.78 is 5.39. The molecule has 202 valence electrons. The standard InChI is InChI=1S/C28H39N3O5S/c1-8-31(26(34)22(16-17-37-7)29-27(35)36-28(4,5)6)24(20-12-14-21(32)15-13-20)25(33)30-23-18(2)10-9-11-19(23)3/h9-15,22,24,32H,8,16-17H2,1-7H3,(H,29,35)(H,30,33). The molecule has 3 amide bonds. The number of benzene rings is 2. The number of nitrogens with one attached hydrogen (secondary N) is 2. The highest BCUT2D eigenvalue weighted by atomic mass is 32.2. The molecule has 0 aliphatic rings. The van der Waals surface area contributed by atoms with Crippen molar-refractivity contribution in [2.24, 2.45) is 0 Å². The number of para-hydroxylation sites is 1. The van der Waals surface area contributed by atoms with E-state index in [1.165, 1.54) is 17.0 Å². The van der Waals surface area contributed by atoms with Crippen molar-refractivity contribution in [1.82, 2.24) is 10.2 Å². The summed E-state index contributed by atoms with van der Waals surface area (Å²) in [5.74, 6) is -0.102. The number of hydrogen-bond donors (Lipinski definition) is 3. The van der Waals surface area contributed by atoms with Gasteiger partial charge in [0.2, 0.25) is 5.91 Å². The Balaban J connectivity index is 2.46. The zero-order valence-electron chi connectivity index (χ0n) is 22.8. The van der Waals surface area contributed by atoms with Crippen LogP contribution in [0.2, 0.25) is 0 Å². The normalized spacial score (nSPS) is 12.8. The van der Waals surface area contributed by atoms with Gasteiger partial charge in [0.25, 0.3) is 5.91 Å². The number of carbonyl (C=O) groups is 3. The fourth-order valence-electron chi connectivity index (χ4n) is 3.94. The van der Waals surface area contributed by atoms with Crippen molar-refractivity contribution in [3.8, 4) is 5.75 Å². The van der Waals surface area contributed by atoms with Crippen molar-refractivity contribution in [1.29, 1.82) is 0 Å². The monoisotopic (exact) mass is 529 g/mol. The number of phenols is 1. The molecule has 37 heavy (non-hydrogen) atoms. The molecule has 0 radical (unpaired) electrons. The molecule has 0 aliphatic carbocycles. The van der Waals surface area contributed by atoms with Crippen LogP contribution < -0.4 is 10.6 Å². The molecular formula is C28H39N3O5S. The first-order chi connectivity index (χ1) is 17.4. The smallest absolute Gasteiger partial charge is 0.408 e. The molecule has 0 aromatic heterocycles. The van der Waals surface area contributed by atoms with Crippen LogP contribution in [0.5, 0.6) is 5.75 Å². The maximum absolute atomic E-state index is 13.9. The molecule has 9 heteroatoms. The minimum absolute atomic E-state index is 0.0523. The SMILES string of the molecule is CCN(C(=O)C(CCSC)NC(=O)OC(C)(C)C)C(C(=O)Nc1c(C)cccc1C)c1ccc(O)cc1. The Hall–Kier alpha value is -3.20. The van der Waals surface area contributed by atoms with Gasteiger partial charge in [0, 0.05) is 12.2 Å². The van der Waals surface area contributed by atoms with Gasteiger partial charge in [-0.3, -0.25) is 9.59 Å². The Labute approximate surface area is 224 Å². The maximum Gasteiger partial charge on any atom is 0.408 e. The molecule has 0 saturated carbocycles. The fraction of sp³-hybridized carbons (Fsp3) is 0.464. The predicted octanol–water partition coefficient (Wildman–Crippen LogP) is 5.18. The topological polar surface area (TPSA) is 108 Å². The molecule has 2 unspecified atom stereocenters. The third-order valence-electron chi connectivity index (χ3n) is 5.72. The molecule has 2 atom stereocenters. The van der Waals surface area contributed by atoms with Crippen LogP contribution in [-0.2, 0) is 14.3 Å². The van der Waals surface area contributed by atoms with Crippen LogP contribution in [0, 0.1) is 13.8 Å². The lowest BCUT2D eigenvalue weighted by Gasteiger charge is -2.34. The predicted molar refractivity (Wildman–Crippen MR) is 149 cm³/mol. The number of aryl methyl sites for hydroxylation is 2. The molecule has 3 N–H and O–H groups in total. The highest BCUT2D eigenvalue weighted by Gasteiger charge is 2.35. The zero-order valence-corrected chi connectivity index (χ0v) is 23.6. The Kier molecular flexibility index (Phi) is 10.9. The van der Waals surface area contributed by atoms with E-state index in [2.05, 4.69) is 10.6 Å². The Morgan fingerprint density at radius 2 is 1.65 bits per heavy atom. The number of alkyl carbamates (subject to hydrolysis) is 1. The summed E-state index contributed by atoms with van der Waals surface area (Å²) in [6.07, 6.45) is 1.60. The summed E-state index contributed by atoms with van der Waals surface area (Å²) >= 11 is 1.55. The second-order valence-electron chi connectivity index (χ2n) is 9.85. The van der Waals surface area contributed by atoms with E-state index in [-0.39, 0.29) is 18.2 Å². The highest BCUT2D eigenvalue weighted by molar-refractivity contribution is 7.98. The molecule has 0 bridgehead atoms. The van der Waals surface area contributed by atoms with Crippen LogP contribution in [0.25, 0.3) is 0 Å². The highest BCUT2D eigenvalue weighted by Crippen LogP contribution is 2.28. The number of carbonyl (C=O) groups excluding carboxylic acids is 3. The zero-order chi connectivity index (χ0) is 27.8. The van der Waals surface area contributed by atoms with Gasteiger partial charge in [-0.1, -0.05) is 30.3 Å². The quantitative estimate of drug-likeness (QED) is 0.391. The van der Waals surface area contributed by atoms with E-state index in [4.69, 9.17) is 4.74 Å². The van der Waals surface area contributed by atoms with Crippen molar-refractivity contribution in [2.45, 2.75) is 65.6 Å². The van der Waals surface area contributed by atoms with Gasteiger partial charge in [-0.2, -0.15) is 11.8 Å². The van der Waals surface area contributed by atoms with Gasteiger partial charge in [0.15, 0.2) is 0 Å². The lowest BCUT2D eigenvalue weighted by molar-refractivity contribution is -0.140. The van der Waals surface area contributed by atoms with E-state index in [1.54, 1.807) is 51.6 Å². The molecule has 8 nitrogen and oxygen atoms in total. The third-order valence-corrected chi connectivity index (χ3v) is 6.37. The average Bonchev–Trinajstić information content (AvgIpc) is 2.81. The molecule has 2 aromatic rings. The van der Waals surface area contributed by atoms with Crippen LogP contribution in [0.3, 0.4) is 0 Å². The van der Waals surface area contributed by atoms with Gasteiger partial charge in [-0.25, -0.2) is 4.79 Å². The van der Waals surface area contributed by atoms with Gasteiger partial charge in [0.05, 0.1) is 0 Å². The number of anilines is 1. The molecular weight excluding hydrogens is 490 g/mol. The number of nitrogens with zero attached hydrogens (tertiary/aromatic N) is 1. The Morgan fingerprint density at radius 3 is 2.16 bits per heavy atom. The van der Waals surface area contributed by atoms with E-state index in [1.807, 2.05) is 38.3 Å². The number of rotatable bonds is 10. The van der Waals surface area contributed by atoms with Crippen molar-refractivity contribution >= 4 is 35.4 Å². The molecule has 0 saturated heterocycles. The summed E-state index contributed by atoms with van der Waals surface area (Å²) in [6, 6.07) is 10.1. The van der Waals surface area contributed by atoms with Crippen LogP contribution in [-0.4, -0.2) is 58.1 Å². The lowest BCUT2D eigenvalue weighted by atomic mass is 10.0. The minimum atomic E-state index is -0.991. The number of amides is 3. The van der Waals surface area contributed by atoms with Gasteiger partial charge < -0.3 is 25.4 Å². The first-order valence-electron chi connectivity index (χ1n) is 12.3. The summed E-state index contributed by atoms with van der Waals surface area (Å²) in [6.45, 7) is 11.1. The van der Waals surface area contributed by atoms with E-state index in [0.717, 1.165) is 11.1 Å². The van der Waals surface area contributed by atoms with Gasteiger partial charge in [0.1, 0.15) is 23.4 Å². The van der Waals surface area contributed by atoms with E-state index >= 15 is 0 Å². The number of thioether (sulfide) groups is 1. The molecule has 0 fully saturated rings. The first kappa shape index (κ1) is 30.0. The number of aromatic hydroxyl groups is 1. The van der Waals surface area contributed by atoms with Crippen molar-refractivity contribution in [3.05, 3.63) is 59.2 Å². The second-order valence-corrected chi connectivity index (χ2v) is 10.8. The maximum atomic E-state index is 13.9. The van der Waals surface area contributed by atoms with Gasteiger partial charge in [-0.15, -0.1) is 0 Å². The van der Waals surface area contributed by atoms with Crippen LogP contribution in [0.4, 0.5) is 10.5 Å². The minimum Gasteiger partial charge on any atom is -0.508 e. The summed E-state index contributed by atoms with van der Waals surface area (Å²) in [4.78, 5) is 41.7. The third kappa shape index (κ3) is 8.70. The summed E-state index contributed by atoms with van der Waals surface area (Å²) in [5.41, 5.74) is 2.30. The van der Waals surface area contributed by atoms with E-state index < -0.39 is 29.7 Å². The van der Waals surface area contributed by atoms with Crippen LogP contribution in [0.1, 0.15) is 56.8 Å². The number of phenolic OH excluding ortho intramolecular Hbond substituents is 1. The van der Waals surface area contributed by atoms with Gasteiger partial charge in [-0.05, 0) is 88.8 Å². The lowest BCUT2D eigenvalue weighted by Crippen LogP contribution is -2.52. The largest absolute Gasteiger partial charge is 0.508 e. The summed E-state index contributed by atoms with van der Waals surface area (Å²) in [5, 5.41) is 15.5. The van der Waals surface area contributed by atoms with E-state index in [0.29, 0.717) is 23.4 Å². The number of ether oxygens (including phenoxy) is 1.